The number of hydrogen-bond acceptors (Lipinski definition) is 2. The van der Waals surface area contributed by atoms with Crippen LogP contribution in [-0.2, 0) is 9.47 Å². The van der Waals surface area contributed by atoms with Crippen LogP contribution in [0.25, 0.3) is 0 Å². The number of hydrogen-bond donors (Lipinski definition) is 0. The molecule has 2 fully saturated rings. The zero-order valence-corrected chi connectivity index (χ0v) is 7.33. The summed E-state index contributed by atoms with van der Waals surface area (Å²) in [6, 6.07) is 0. The van der Waals surface area contributed by atoms with Gasteiger partial charge in [-0.3, -0.25) is 0 Å². The quantitative estimate of drug-likeness (QED) is 0.578. The first-order chi connectivity index (χ1) is 5.62. The summed E-state index contributed by atoms with van der Waals surface area (Å²) in [6.07, 6.45) is 0.880. The van der Waals surface area contributed by atoms with Crippen LogP contribution in [0.15, 0.2) is 0 Å². The molecule has 0 N–H and O–H groups in total. The molecule has 64 valence electrons. The first-order valence-electron chi connectivity index (χ1n) is 4.95. The van der Waals surface area contributed by atoms with Crippen molar-refractivity contribution in [2.45, 2.75) is 57.5 Å². The highest BCUT2D eigenvalue weighted by Crippen LogP contribution is 2.45. The van der Waals surface area contributed by atoms with Crippen molar-refractivity contribution >= 4 is 0 Å². The van der Waals surface area contributed by atoms with Gasteiger partial charge in [0.15, 0.2) is 0 Å². The van der Waals surface area contributed by atoms with Gasteiger partial charge in [0.05, 0.1) is 23.9 Å². The lowest BCUT2D eigenvalue weighted by Crippen LogP contribution is -2.42. The van der Waals surface area contributed by atoms with E-state index in [1.54, 1.807) is 0 Å². The maximum Gasteiger partial charge on any atom is 0.0968 e. The molecule has 0 amide bonds. The van der Waals surface area contributed by atoms with E-state index in [0.717, 1.165) is 6.42 Å². The molecule has 2 aliphatic heterocycles. The summed E-state index contributed by atoms with van der Waals surface area (Å²) >= 11 is 0. The van der Waals surface area contributed by atoms with Gasteiger partial charge < -0.3 is 9.47 Å². The van der Waals surface area contributed by atoms with Crippen LogP contribution < -0.4 is 0 Å². The van der Waals surface area contributed by atoms with E-state index in [2.05, 4.69) is 6.92 Å². The van der Waals surface area contributed by atoms with Crippen molar-refractivity contribution in [3.8, 4) is 0 Å². The number of ether oxygens (including phenoxy) is 2. The third-order valence-corrected chi connectivity index (χ3v) is 2.92. The predicted molar refractivity (Wildman–Crippen MR) is 42.5 cm³/mol. The minimum Gasteiger partial charge on any atom is -0.369 e. The molecule has 2 heteroatoms. The zero-order valence-electron chi connectivity index (χ0n) is 8.33. The van der Waals surface area contributed by atoms with Gasteiger partial charge in [-0.1, -0.05) is 6.92 Å². The van der Waals surface area contributed by atoms with Crippen molar-refractivity contribution in [2.24, 2.45) is 0 Å². The van der Waals surface area contributed by atoms with Gasteiger partial charge in [0.2, 0.25) is 0 Å². The predicted octanol–water partition coefficient (Wildman–Crippen LogP) is 1.73. The average Bonchev–Trinajstić information content (AvgIpc) is 2.41. The third-order valence-electron chi connectivity index (χ3n) is 2.92. The molecule has 2 heterocycles. The fourth-order valence-corrected chi connectivity index (χ4v) is 2.09. The van der Waals surface area contributed by atoms with Crippen LogP contribution in [0.2, 0.25) is 0 Å². The molecule has 2 rings (SSSR count). The second-order valence-electron chi connectivity index (χ2n) is 3.54. The zero-order chi connectivity index (χ0) is 8.93. The molecule has 0 spiro atoms. The molecule has 2 bridgehead atoms. The fraction of sp³-hybridized carbons (Fsp3) is 1.00. The third kappa shape index (κ3) is 0.859. The van der Waals surface area contributed by atoms with Crippen LogP contribution in [0.5, 0.6) is 0 Å². The topological polar surface area (TPSA) is 18.5 Å². The smallest absolute Gasteiger partial charge is 0.0968 e. The molecule has 2 nitrogen and oxygen atoms in total. The van der Waals surface area contributed by atoms with Crippen LogP contribution in [0.4, 0.5) is 0 Å². The number of rotatable bonds is 1. The molecular weight excluding hydrogens is 140 g/mol. The Labute approximate surface area is 69.3 Å². The molecule has 2 aliphatic rings. The van der Waals surface area contributed by atoms with Crippen molar-refractivity contribution < 1.29 is 10.8 Å². The summed E-state index contributed by atoms with van der Waals surface area (Å²) in [4.78, 5) is 0. The first-order valence-corrected chi connectivity index (χ1v) is 4.37. The Hall–Kier alpha value is -0.0800. The second kappa shape index (κ2) is 2.20. The molecule has 0 saturated carbocycles. The van der Waals surface area contributed by atoms with Gasteiger partial charge in [0.1, 0.15) is 0 Å². The van der Waals surface area contributed by atoms with E-state index in [9.17, 15) is 0 Å². The largest absolute Gasteiger partial charge is 0.369 e. The van der Waals surface area contributed by atoms with E-state index in [1.807, 2.05) is 13.8 Å². The summed E-state index contributed by atoms with van der Waals surface area (Å²) in [7, 11) is 0. The first kappa shape index (κ1) is 6.44. The summed E-state index contributed by atoms with van der Waals surface area (Å²) in [5.74, 6) is 0. The molecule has 1 unspecified atom stereocenters. The molecule has 0 aliphatic carbocycles. The molecule has 11 heavy (non-hydrogen) atoms. The van der Waals surface area contributed by atoms with Crippen molar-refractivity contribution in [2.75, 3.05) is 0 Å². The van der Waals surface area contributed by atoms with Crippen LogP contribution in [0.1, 0.15) is 35.0 Å². The van der Waals surface area contributed by atoms with Crippen LogP contribution in [0, 0.1) is 0 Å². The van der Waals surface area contributed by atoms with Crippen LogP contribution >= 0.6 is 0 Å². The minimum absolute atomic E-state index is 0.0000463. The van der Waals surface area contributed by atoms with Gasteiger partial charge in [-0.15, -0.1) is 0 Å². The Balaban J connectivity index is 2.30. The molecular formula is C9H16O2. The lowest BCUT2D eigenvalue weighted by atomic mass is 9.93. The minimum atomic E-state index is -0.315. The Morgan fingerprint density at radius 2 is 2.36 bits per heavy atom. The van der Waals surface area contributed by atoms with Crippen LogP contribution in [-0.4, -0.2) is 23.9 Å². The second-order valence-corrected chi connectivity index (χ2v) is 3.54. The summed E-state index contributed by atoms with van der Waals surface area (Å²) in [6.45, 7) is 6.08. The van der Waals surface area contributed by atoms with Crippen LogP contribution in [0.3, 0.4) is 0 Å². The van der Waals surface area contributed by atoms with E-state index < -0.39 is 0 Å². The Kier molecular flexibility index (Phi) is 1.29. The molecule has 0 aromatic carbocycles. The van der Waals surface area contributed by atoms with E-state index in [0.29, 0.717) is 0 Å². The van der Waals surface area contributed by atoms with Gasteiger partial charge >= 0.3 is 0 Å². The molecule has 2 saturated heterocycles. The monoisotopic (exact) mass is 158 g/mol. The Morgan fingerprint density at radius 3 is 2.73 bits per heavy atom. The van der Waals surface area contributed by atoms with Gasteiger partial charge in [-0.2, -0.15) is 0 Å². The maximum atomic E-state index is 7.97. The van der Waals surface area contributed by atoms with Crippen molar-refractivity contribution in [1.82, 2.24) is 0 Å². The van der Waals surface area contributed by atoms with E-state index in [-0.39, 0.29) is 30.3 Å². The standard InChI is InChI=1S/C9H16O2/c1-4-9-5-8(6(2)11-9)10-7(9)3/h6-8H,4-5H2,1-3H3/t6-,7?,8-,9-/m0/s1/i5T/t5-,6+,7?,8+,9+/m1. The van der Waals surface area contributed by atoms with Gasteiger partial charge in [-0.25, -0.2) is 0 Å². The van der Waals surface area contributed by atoms with E-state index in [1.165, 1.54) is 0 Å². The van der Waals surface area contributed by atoms with Crippen molar-refractivity contribution in [3.05, 3.63) is 0 Å². The fourth-order valence-electron chi connectivity index (χ4n) is 2.09. The lowest BCUT2D eigenvalue weighted by molar-refractivity contribution is -0.173. The molecule has 0 radical (unpaired) electrons. The highest BCUT2D eigenvalue weighted by atomic mass is 16.6. The Bertz CT molecular complexity index is 197. The molecule has 5 atom stereocenters. The maximum absolute atomic E-state index is 7.97. The SMILES string of the molecule is [3H][C@@H]1[C@@H]2OC(C)[C@@]1(CC)O[C@H]2C. The van der Waals surface area contributed by atoms with Gasteiger partial charge in [-0.05, 0) is 20.3 Å². The number of fused-ring (bicyclic) bond motifs is 2. The summed E-state index contributed by atoms with van der Waals surface area (Å²) in [5.41, 5.74) is -0.315. The van der Waals surface area contributed by atoms with Crippen molar-refractivity contribution in [3.63, 3.8) is 0 Å². The highest BCUT2D eigenvalue weighted by molar-refractivity contribution is 5.02. The van der Waals surface area contributed by atoms with Gasteiger partial charge in [0.25, 0.3) is 0 Å². The van der Waals surface area contributed by atoms with Gasteiger partial charge in [0, 0.05) is 7.77 Å². The molecule has 0 aromatic heterocycles. The average molecular weight is 158 g/mol. The summed E-state index contributed by atoms with van der Waals surface area (Å²) < 4.78 is 19.4. The summed E-state index contributed by atoms with van der Waals surface area (Å²) in [5, 5.41) is 0. The van der Waals surface area contributed by atoms with E-state index in [4.69, 9.17) is 10.8 Å². The highest BCUT2D eigenvalue weighted by Gasteiger charge is 2.54. The molecule has 0 aromatic rings. The van der Waals surface area contributed by atoms with E-state index >= 15 is 0 Å². The lowest BCUT2D eigenvalue weighted by Gasteiger charge is -2.33. The Morgan fingerprint density at radius 1 is 1.64 bits per heavy atom. The van der Waals surface area contributed by atoms with Crippen molar-refractivity contribution in [1.29, 1.82) is 0 Å². The normalized spacial score (nSPS) is 63.4.